The molecule has 0 amide bonds. The van der Waals surface area contributed by atoms with Crippen LogP contribution in [-0.2, 0) is 12.0 Å². The minimum Gasteiger partial charge on any atom is -0.292 e. The van der Waals surface area contributed by atoms with Crippen molar-refractivity contribution in [2.45, 2.75) is 12.0 Å². The molecule has 1 aliphatic rings. The molecule has 3 aromatic carbocycles. The monoisotopic (exact) mass is 313 g/mol. The van der Waals surface area contributed by atoms with Crippen molar-refractivity contribution in [2.24, 2.45) is 5.92 Å². The molecule has 0 spiro atoms. The van der Waals surface area contributed by atoms with Crippen LogP contribution in [0.15, 0.2) is 91.0 Å². The summed E-state index contributed by atoms with van der Waals surface area (Å²) in [5.41, 5.74) is 4.18. The van der Waals surface area contributed by atoms with E-state index in [9.17, 15) is 0 Å². The zero-order valence-corrected chi connectivity index (χ0v) is 14.1. The Balaban J connectivity index is 1.80. The van der Waals surface area contributed by atoms with Crippen LogP contribution in [0, 0.1) is 5.92 Å². The average molecular weight is 313 g/mol. The van der Waals surface area contributed by atoms with Crippen LogP contribution in [0.3, 0.4) is 0 Å². The summed E-state index contributed by atoms with van der Waals surface area (Å²) in [4.78, 5) is 2.51. The molecular weight excluding hydrogens is 290 g/mol. The standard InChI is InChI=1S/C23H23N/c1-24-18-22(17-19-11-5-2-6-12-19)23(24,20-13-7-3-8-14-20)21-15-9-4-10-16-21/h2-16,22H,17-18H2,1H3. The van der Waals surface area contributed by atoms with Gasteiger partial charge in [0.25, 0.3) is 0 Å². The number of hydrogen-bond donors (Lipinski definition) is 0. The van der Waals surface area contributed by atoms with Crippen LogP contribution in [0.5, 0.6) is 0 Å². The molecule has 1 saturated heterocycles. The lowest BCUT2D eigenvalue weighted by Crippen LogP contribution is -2.64. The Labute approximate surface area is 144 Å². The topological polar surface area (TPSA) is 3.24 Å². The van der Waals surface area contributed by atoms with Gasteiger partial charge in [-0.1, -0.05) is 91.0 Å². The van der Waals surface area contributed by atoms with Gasteiger partial charge in [0.15, 0.2) is 0 Å². The summed E-state index contributed by atoms with van der Waals surface area (Å²) in [6.45, 7) is 1.12. The zero-order valence-electron chi connectivity index (χ0n) is 14.1. The lowest BCUT2D eigenvalue weighted by Gasteiger charge is -2.58. The van der Waals surface area contributed by atoms with Crippen LogP contribution in [0.25, 0.3) is 0 Å². The summed E-state index contributed by atoms with van der Waals surface area (Å²) in [5.74, 6) is 0.578. The van der Waals surface area contributed by atoms with Gasteiger partial charge in [-0.05, 0) is 30.2 Å². The van der Waals surface area contributed by atoms with Crippen molar-refractivity contribution in [1.29, 1.82) is 0 Å². The van der Waals surface area contributed by atoms with Crippen molar-refractivity contribution in [3.63, 3.8) is 0 Å². The molecule has 0 saturated carbocycles. The van der Waals surface area contributed by atoms with Crippen molar-refractivity contribution in [1.82, 2.24) is 4.90 Å². The molecular formula is C23H23N. The highest BCUT2D eigenvalue weighted by Gasteiger charge is 2.53. The summed E-state index contributed by atoms with van der Waals surface area (Å²) in [6.07, 6.45) is 1.11. The Morgan fingerprint density at radius 3 is 1.67 bits per heavy atom. The van der Waals surface area contributed by atoms with Gasteiger partial charge in [-0.2, -0.15) is 0 Å². The van der Waals surface area contributed by atoms with E-state index in [0.717, 1.165) is 13.0 Å². The van der Waals surface area contributed by atoms with Gasteiger partial charge >= 0.3 is 0 Å². The minimum absolute atomic E-state index is 0.0294. The Kier molecular flexibility index (Phi) is 3.95. The van der Waals surface area contributed by atoms with Gasteiger partial charge in [-0.15, -0.1) is 0 Å². The van der Waals surface area contributed by atoms with E-state index in [1.165, 1.54) is 16.7 Å². The Morgan fingerprint density at radius 1 is 0.750 bits per heavy atom. The third kappa shape index (κ3) is 2.37. The molecule has 0 radical (unpaired) electrons. The van der Waals surface area contributed by atoms with Gasteiger partial charge < -0.3 is 0 Å². The van der Waals surface area contributed by atoms with E-state index < -0.39 is 0 Å². The lowest BCUT2D eigenvalue weighted by atomic mass is 9.63. The summed E-state index contributed by atoms with van der Waals surface area (Å²) < 4.78 is 0. The first-order valence-electron chi connectivity index (χ1n) is 8.68. The molecule has 1 unspecified atom stereocenters. The van der Waals surface area contributed by atoms with E-state index in [1.54, 1.807) is 0 Å². The van der Waals surface area contributed by atoms with Crippen molar-refractivity contribution in [2.75, 3.05) is 13.6 Å². The fourth-order valence-corrected chi connectivity index (χ4v) is 4.38. The molecule has 0 bridgehead atoms. The van der Waals surface area contributed by atoms with E-state index in [-0.39, 0.29) is 5.54 Å². The normalized spacial score (nSPS) is 19.6. The number of nitrogens with zero attached hydrogens (tertiary/aromatic N) is 1. The highest BCUT2D eigenvalue weighted by molar-refractivity contribution is 5.43. The molecule has 0 aliphatic carbocycles. The first-order chi connectivity index (χ1) is 11.8. The van der Waals surface area contributed by atoms with Crippen LogP contribution >= 0.6 is 0 Å². The van der Waals surface area contributed by atoms with Crippen molar-refractivity contribution >= 4 is 0 Å². The predicted molar refractivity (Wildman–Crippen MR) is 99.9 cm³/mol. The smallest absolute Gasteiger partial charge is 0.0757 e. The molecule has 120 valence electrons. The van der Waals surface area contributed by atoms with Gasteiger partial charge in [0.2, 0.25) is 0 Å². The lowest BCUT2D eigenvalue weighted by molar-refractivity contribution is -0.0350. The molecule has 0 aromatic heterocycles. The zero-order chi connectivity index (χ0) is 16.4. The summed E-state index contributed by atoms with van der Waals surface area (Å²) in [5, 5.41) is 0. The largest absolute Gasteiger partial charge is 0.292 e. The summed E-state index contributed by atoms with van der Waals surface area (Å²) in [7, 11) is 2.25. The van der Waals surface area contributed by atoms with E-state index in [4.69, 9.17) is 0 Å². The summed E-state index contributed by atoms with van der Waals surface area (Å²) in [6, 6.07) is 32.8. The second-order valence-electron chi connectivity index (χ2n) is 6.77. The summed E-state index contributed by atoms with van der Waals surface area (Å²) >= 11 is 0. The molecule has 24 heavy (non-hydrogen) atoms. The highest BCUT2D eigenvalue weighted by atomic mass is 15.3. The molecule has 1 heteroatoms. The van der Waals surface area contributed by atoms with Crippen molar-refractivity contribution in [3.8, 4) is 0 Å². The van der Waals surface area contributed by atoms with Gasteiger partial charge in [0.1, 0.15) is 0 Å². The van der Waals surface area contributed by atoms with Crippen LogP contribution in [0.2, 0.25) is 0 Å². The quantitative estimate of drug-likeness (QED) is 0.673. The fraction of sp³-hybridized carbons (Fsp3) is 0.217. The van der Waals surface area contributed by atoms with Crippen molar-refractivity contribution in [3.05, 3.63) is 108 Å². The van der Waals surface area contributed by atoms with Crippen molar-refractivity contribution < 1.29 is 0 Å². The van der Waals surface area contributed by atoms with Gasteiger partial charge in [-0.25, -0.2) is 0 Å². The van der Waals surface area contributed by atoms with Crippen LogP contribution < -0.4 is 0 Å². The molecule has 1 nitrogen and oxygen atoms in total. The molecule has 4 rings (SSSR count). The van der Waals surface area contributed by atoms with Gasteiger partial charge in [0.05, 0.1) is 5.54 Å². The van der Waals surface area contributed by atoms with Crippen LogP contribution in [0.1, 0.15) is 16.7 Å². The van der Waals surface area contributed by atoms with E-state index in [2.05, 4.69) is 103 Å². The fourth-order valence-electron chi connectivity index (χ4n) is 4.38. The first-order valence-corrected chi connectivity index (χ1v) is 8.68. The van der Waals surface area contributed by atoms with Gasteiger partial charge in [-0.3, -0.25) is 4.90 Å². The molecule has 1 aliphatic heterocycles. The Bertz CT molecular complexity index is 741. The van der Waals surface area contributed by atoms with E-state index in [1.807, 2.05) is 0 Å². The second kappa shape index (κ2) is 6.26. The van der Waals surface area contributed by atoms with E-state index in [0.29, 0.717) is 5.92 Å². The van der Waals surface area contributed by atoms with Crippen LogP contribution in [-0.4, -0.2) is 18.5 Å². The first kappa shape index (κ1) is 15.2. The Morgan fingerprint density at radius 2 is 1.21 bits per heavy atom. The second-order valence-corrected chi connectivity index (χ2v) is 6.77. The van der Waals surface area contributed by atoms with Gasteiger partial charge in [0, 0.05) is 12.5 Å². The number of benzene rings is 3. The molecule has 1 atom stereocenters. The molecule has 1 fully saturated rings. The van der Waals surface area contributed by atoms with E-state index >= 15 is 0 Å². The average Bonchev–Trinajstić information content (AvgIpc) is 2.64. The number of likely N-dealkylation sites (tertiary alicyclic amines) is 1. The number of hydrogen-bond acceptors (Lipinski definition) is 1. The Hall–Kier alpha value is -2.38. The maximum absolute atomic E-state index is 2.51. The number of rotatable bonds is 4. The van der Waals surface area contributed by atoms with Crippen LogP contribution in [0.4, 0.5) is 0 Å². The third-order valence-corrected chi connectivity index (χ3v) is 5.44. The SMILES string of the molecule is CN1CC(Cc2ccccc2)C1(c1ccccc1)c1ccccc1. The molecule has 0 N–H and O–H groups in total. The molecule has 3 aromatic rings. The third-order valence-electron chi connectivity index (χ3n) is 5.44. The maximum atomic E-state index is 2.51. The molecule has 1 heterocycles. The highest BCUT2D eigenvalue weighted by Crippen LogP contribution is 2.50. The maximum Gasteiger partial charge on any atom is 0.0757 e. The predicted octanol–water partition coefficient (Wildman–Crippen LogP) is 4.73. The minimum atomic E-state index is -0.0294.